The molecule has 1 aromatic carbocycles. The van der Waals surface area contributed by atoms with Gasteiger partial charge in [0, 0.05) is 43.8 Å². The third-order valence-electron chi connectivity index (χ3n) is 5.95. The Morgan fingerprint density at radius 3 is 2.42 bits per heavy atom. The van der Waals surface area contributed by atoms with E-state index in [0.717, 1.165) is 48.4 Å². The zero-order valence-electron chi connectivity index (χ0n) is 18.1. The summed E-state index contributed by atoms with van der Waals surface area (Å²) in [5, 5.41) is 7.70. The average molecular weight is 459 g/mol. The molecule has 3 heterocycles. The van der Waals surface area contributed by atoms with E-state index in [9.17, 15) is 0 Å². The minimum Gasteiger partial charge on any atom is -0.358 e. The van der Waals surface area contributed by atoms with Crippen LogP contribution in [0, 0.1) is 5.92 Å². The lowest BCUT2D eigenvalue weighted by molar-refractivity contribution is 0.444. The summed E-state index contributed by atoms with van der Waals surface area (Å²) in [6.45, 7) is 7.10. The maximum absolute atomic E-state index is 5.97. The number of aromatic nitrogens is 2. The molecule has 6 nitrogen and oxygen atoms in total. The summed E-state index contributed by atoms with van der Waals surface area (Å²) in [6.07, 6.45) is 6.20. The maximum atomic E-state index is 5.97. The molecule has 2 saturated heterocycles. The molecule has 2 aliphatic rings. The summed E-state index contributed by atoms with van der Waals surface area (Å²) in [4.78, 5) is 14.4. The van der Waals surface area contributed by atoms with E-state index in [0.29, 0.717) is 23.5 Å². The van der Waals surface area contributed by atoms with Crippen LogP contribution in [-0.2, 0) is 6.54 Å². The molecule has 2 fully saturated rings. The smallest absolute Gasteiger partial charge is 0.232 e. The molecule has 1 aromatic heterocycles. The van der Waals surface area contributed by atoms with Crippen molar-refractivity contribution in [3.8, 4) is 0 Å². The number of hydrogen-bond acceptors (Lipinski definition) is 5. The standard InChI is InChI=1S/C23H31ClN6S/c1-17-6-5-13-30(16-17)21-14-20(29-11-3-2-4-12-29)26-22(27-21)28-23(31)25-15-18-7-9-19(24)10-8-18/h7-10,14,17H,2-6,11-13,15-16H2,1H3,(H2,25,26,27,28,31). The predicted molar refractivity (Wildman–Crippen MR) is 133 cm³/mol. The summed E-state index contributed by atoms with van der Waals surface area (Å²) >= 11 is 11.5. The van der Waals surface area contributed by atoms with Crippen LogP contribution in [0.15, 0.2) is 30.3 Å². The van der Waals surface area contributed by atoms with Crippen LogP contribution in [0.1, 0.15) is 44.6 Å². The van der Waals surface area contributed by atoms with Gasteiger partial charge in [-0.2, -0.15) is 9.97 Å². The molecule has 4 rings (SSSR count). The summed E-state index contributed by atoms with van der Waals surface area (Å²) in [7, 11) is 0. The normalized spacial score (nSPS) is 19.2. The van der Waals surface area contributed by atoms with Crippen molar-refractivity contribution in [2.45, 2.75) is 45.6 Å². The lowest BCUT2D eigenvalue weighted by atomic mass is 10.0. The molecule has 166 valence electrons. The average Bonchev–Trinajstić information content (AvgIpc) is 2.79. The topological polar surface area (TPSA) is 56.3 Å². The van der Waals surface area contributed by atoms with Crippen molar-refractivity contribution in [3.63, 3.8) is 0 Å². The number of anilines is 3. The van der Waals surface area contributed by atoms with Gasteiger partial charge >= 0.3 is 0 Å². The molecule has 0 radical (unpaired) electrons. The largest absolute Gasteiger partial charge is 0.358 e. The second-order valence-electron chi connectivity index (χ2n) is 8.58. The molecule has 0 aliphatic carbocycles. The number of rotatable bonds is 5. The Kier molecular flexibility index (Phi) is 7.45. The van der Waals surface area contributed by atoms with Crippen LogP contribution in [0.25, 0.3) is 0 Å². The molecule has 1 unspecified atom stereocenters. The fourth-order valence-corrected chi connectivity index (χ4v) is 4.54. The second-order valence-corrected chi connectivity index (χ2v) is 9.43. The molecule has 2 N–H and O–H groups in total. The van der Waals surface area contributed by atoms with Crippen LogP contribution < -0.4 is 20.4 Å². The molecule has 0 saturated carbocycles. The molecule has 31 heavy (non-hydrogen) atoms. The van der Waals surface area contributed by atoms with Crippen molar-refractivity contribution in [3.05, 3.63) is 40.9 Å². The Labute approximate surface area is 195 Å². The highest BCUT2D eigenvalue weighted by Gasteiger charge is 2.21. The van der Waals surface area contributed by atoms with E-state index in [1.54, 1.807) is 0 Å². The van der Waals surface area contributed by atoms with Crippen LogP contribution >= 0.6 is 23.8 Å². The lowest BCUT2D eigenvalue weighted by Gasteiger charge is -2.33. The second kappa shape index (κ2) is 10.5. The quantitative estimate of drug-likeness (QED) is 0.621. The van der Waals surface area contributed by atoms with Gasteiger partial charge in [0.05, 0.1) is 0 Å². The van der Waals surface area contributed by atoms with Gasteiger partial charge in [0.15, 0.2) is 5.11 Å². The zero-order chi connectivity index (χ0) is 21.6. The van der Waals surface area contributed by atoms with Gasteiger partial charge in [-0.15, -0.1) is 0 Å². The Morgan fingerprint density at radius 2 is 1.71 bits per heavy atom. The number of piperidine rings is 2. The van der Waals surface area contributed by atoms with Crippen LogP contribution in [0.2, 0.25) is 5.02 Å². The highest BCUT2D eigenvalue weighted by atomic mass is 35.5. The van der Waals surface area contributed by atoms with Crippen LogP contribution in [0.3, 0.4) is 0 Å². The third-order valence-corrected chi connectivity index (χ3v) is 6.45. The fourth-order valence-electron chi connectivity index (χ4n) is 4.25. The van der Waals surface area contributed by atoms with Gasteiger partial charge in [0.25, 0.3) is 0 Å². The lowest BCUT2D eigenvalue weighted by Crippen LogP contribution is -2.36. The highest BCUT2D eigenvalue weighted by molar-refractivity contribution is 7.80. The molecule has 2 aromatic rings. The van der Waals surface area contributed by atoms with E-state index in [1.165, 1.54) is 32.1 Å². The van der Waals surface area contributed by atoms with Gasteiger partial charge in [-0.25, -0.2) is 0 Å². The van der Waals surface area contributed by atoms with Gasteiger partial charge in [0.2, 0.25) is 5.95 Å². The molecular formula is C23H31ClN6S. The Balaban J connectivity index is 1.48. The number of benzene rings is 1. The summed E-state index contributed by atoms with van der Waals surface area (Å²) in [6, 6.07) is 9.89. The first-order valence-electron chi connectivity index (χ1n) is 11.2. The molecule has 2 aliphatic heterocycles. The van der Waals surface area contributed by atoms with Gasteiger partial charge < -0.3 is 20.4 Å². The van der Waals surface area contributed by atoms with Gasteiger partial charge in [0.1, 0.15) is 11.6 Å². The number of nitrogens with one attached hydrogen (secondary N) is 2. The van der Waals surface area contributed by atoms with Crippen molar-refractivity contribution in [1.82, 2.24) is 15.3 Å². The van der Waals surface area contributed by atoms with E-state index < -0.39 is 0 Å². The highest BCUT2D eigenvalue weighted by Crippen LogP contribution is 2.27. The monoisotopic (exact) mass is 458 g/mol. The first-order valence-corrected chi connectivity index (χ1v) is 12.0. The number of hydrogen-bond donors (Lipinski definition) is 2. The first kappa shape index (κ1) is 22.1. The van der Waals surface area contributed by atoms with Crippen molar-refractivity contribution < 1.29 is 0 Å². The molecule has 0 bridgehead atoms. The van der Waals surface area contributed by atoms with E-state index in [4.69, 9.17) is 33.8 Å². The number of thiocarbonyl (C=S) groups is 1. The minimum atomic E-state index is 0.517. The maximum Gasteiger partial charge on any atom is 0.232 e. The SMILES string of the molecule is CC1CCCN(c2cc(N3CCCCC3)nc(NC(=S)NCc3ccc(Cl)cc3)n2)C1. The van der Waals surface area contributed by atoms with E-state index in [-0.39, 0.29) is 0 Å². The van der Waals surface area contributed by atoms with Crippen molar-refractivity contribution in [2.24, 2.45) is 5.92 Å². The van der Waals surface area contributed by atoms with Crippen LogP contribution in [0.5, 0.6) is 0 Å². The molecule has 8 heteroatoms. The zero-order valence-corrected chi connectivity index (χ0v) is 19.7. The molecule has 1 atom stereocenters. The van der Waals surface area contributed by atoms with Gasteiger partial charge in [-0.05, 0) is 67.9 Å². The molecule has 0 spiro atoms. The predicted octanol–water partition coefficient (Wildman–Crippen LogP) is 4.84. The van der Waals surface area contributed by atoms with Crippen molar-refractivity contribution in [1.29, 1.82) is 0 Å². The van der Waals surface area contributed by atoms with Gasteiger partial charge in [-0.3, -0.25) is 0 Å². The van der Waals surface area contributed by atoms with E-state index in [2.05, 4.69) is 33.4 Å². The minimum absolute atomic E-state index is 0.517. The van der Waals surface area contributed by atoms with E-state index in [1.807, 2.05) is 24.3 Å². The van der Waals surface area contributed by atoms with Crippen LogP contribution in [0.4, 0.5) is 17.6 Å². The Hall–Kier alpha value is -2.12. The van der Waals surface area contributed by atoms with Crippen LogP contribution in [-0.4, -0.2) is 41.3 Å². The summed E-state index contributed by atoms with van der Waals surface area (Å²) in [5.74, 6) is 3.22. The fraction of sp³-hybridized carbons (Fsp3) is 0.522. The van der Waals surface area contributed by atoms with Crippen molar-refractivity contribution in [2.75, 3.05) is 41.3 Å². The third kappa shape index (κ3) is 6.20. The summed E-state index contributed by atoms with van der Waals surface area (Å²) in [5.41, 5.74) is 1.11. The number of nitrogens with zero attached hydrogens (tertiary/aromatic N) is 4. The summed E-state index contributed by atoms with van der Waals surface area (Å²) < 4.78 is 0. The Bertz CT molecular complexity index is 884. The Morgan fingerprint density at radius 1 is 1.03 bits per heavy atom. The molecular weight excluding hydrogens is 428 g/mol. The molecule has 0 amide bonds. The number of halogens is 1. The van der Waals surface area contributed by atoms with E-state index >= 15 is 0 Å². The van der Waals surface area contributed by atoms with Gasteiger partial charge in [-0.1, -0.05) is 30.7 Å². The van der Waals surface area contributed by atoms with Crippen molar-refractivity contribution >= 4 is 46.5 Å². The first-order chi connectivity index (χ1) is 15.1.